The van der Waals surface area contributed by atoms with Crippen molar-refractivity contribution >= 4 is 30.6 Å². The average Bonchev–Trinajstić information content (AvgIpc) is 2.79. The van der Waals surface area contributed by atoms with E-state index in [1.165, 1.54) is 0 Å². The number of benzene rings is 1. The van der Waals surface area contributed by atoms with Crippen molar-refractivity contribution < 1.29 is 29.1 Å². The van der Waals surface area contributed by atoms with Crippen molar-refractivity contribution in [3.63, 3.8) is 0 Å². The molecule has 1 aromatic carbocycles. The lowest BCUT2D eigenvalue weighted by Gasteiger charge is -2.28. The summed E-state index contributed by atoms with van der Waals surface area (Å²) in [5.74, 6) is -0.557. The first-order valence-corrected chi connectivity index (χ1v) is 11.0. The van der Waals surface area contributed by atoms with Gasteiger partial charge in [-0.1, -0.05) is 38.1 Å². The van der Waals surface area contributed by atoms with Crippen LogP contribution in [0.3, 0.4) is 0 Å². The predicted octanol–water partition coefficient (Wildman–Crippen LogP) is 0.865. The third-order valence-corrected chi connectivity index (χ3v) is 4.96. The van der Waals surface area contributed by atoms with E-state index in [0.717, 1.165) is 17.3 Å². The number of pyridine rings is 1. The van der Waals surface area contributed by atoms with Crippen LogP contribution in [0.2, 0.25) is 0 Å². The second-order valence-electron chi connectivity index (χ2n) is 8.10. The number of nitrogens with zero attached hydrogens (tertiary/aromatic N) is 2. The summed E-state index contributed by atoms with van der Waals surface area (Å²) >= 11 is 0. The standard InChI is InChI=1S/C17H19N3O4.C5H14BNO2/c21-16(22)15(19-17(23)20-7-9-24-10-8-20)11-13-6-5-12-3-1-2-4-14(12)18-13;1-4(2)3-5(7)9-6-8/h1-6,15H,7-11H2,(H,19,23)(H,21,22);4-6,8H,3,7H2,1-2H3/t15-;5-/m01/s1. The zero-order valence-corrected chi connectivity index (χ0v) is 19.1. The summed E-state index contributed by atoms with van der Waals surface area (Å²) in [4.78, 5) is 29.7. The first-order chi connectivity index (χ1) is 15.8. The third kappa shape index (κ3) is 9.35. The Morgan fingerprint density at radius 2 is 1.94 bits per heavy atom. The topological polar surface area (TPSA) is 147 Å². The van der Waals surface area contributed by atoms with E-state index in [4.69, 9.17) is 15.5 Å². The van der Waals surface area contributed by atoms with Gasteiger partial charge in [0.15, 0.2) is 0 Å². The maximum atomic E-state index is 12.2. The number of ether oxygens (including phenoxy) is 1. The minimum Gasteiger partial charge on any atom is -0.480 e. The van der Waals surface area contributed by atoms with Gasteiger partial charge in [0.25, 0.3) is 0 Å². The van der Waals surface area contributed by atoms with Crippen molar-refractivity contribution in [3.8, 4) is 0 Å². The number of carboxylic acids is 1. The van der Waals surface area contributed by atoms with Crippen LogP contribution in [0.25, 0.3) is 10.9 Å². The molecule has 0 saturated carbocycles. The van der Waals surface area contributed by atoms with Gasteiger partial charge < -0.3 is 35.5 Å². The van der Waals surface area contributed by atoms with Crippen molar-refractivity contribution in [2.24, 2.45) is 11.7 Å². The lowest BCUT2D eigenvalue weighted by atomic mass is 10.1. The van der Waals surface area contributed by atoms with E-state index in [2.05, 4.69) is 28.8 Å². The first kappa shape index (κ1) is 26.5. The van der Waals surface area contributed by atoms with E-state index < -0.39 is 12.0 Å². The lowest BCUT2D eigenvalue weighted by molar-refractivity contribution is -0.139. The van der Waals surface area contributed by atoms with Gasteiger partial charge in [0.05, 0.1) is 25.0 Å². The van der Waals surface area contributed by atoms with Gasteiger partial charge in [-0.25, -0.2) is 9.59 Å². The maximum Gasteiger partial charge on any atom is 0.436 e. The molecule has 5 N–H and O–H groups in total. The zero-order chi connectivity index (χ0) is 24.2. The highest BCUT2D eigenvalue weighted by Gasteiger charge is 2.25. The Balaban J connectivity index is 0.000000365. The fourth-order valence-electron chi connectivity index (χ4n) is 3.27. The molecule has 0 bridgehead atoms. The van der Waals surface area contributed by atoms with E-state index in [1.807, 2.05) is 30.3 Å². The number of rotatable bonds is 8. The van der Waals surface area contributed by atoms with Gasteiger partial charge in [-0.2, -0.15) is 0 Å². The zero-order valence-electron chi connectivity index (χ0n) is 19.1. The molecule has 2 aromatic rings. The molecule has 2 heterocycles. The summed E-state index contributed by atoms with van der Waals surface area (Å²) in [6.45, 7) is 5.98. The summed E-state index contributed by atoms with van der Waals surface area (Å²) in [5.41, 5.74) is 6.84. The van der Waals surface area contributed by atoms with E-state index >= 15 is 0 Å². The number of carboxylic acid groups (broad SMARTS) is 1. The molecule has 180 valence electrons. The Bertz CT molecular complexity index is 894. The van der Waals surface area contributed by atoms with Crippen LogP contribution in [-0.2, 0) is 20.6 Å². The molecule has 11 heteroatoms. The minimum absolute atomic E-state index is 0.135. The molecule has 33 heavy (non-hydrogen) atoms. The molecular weight excluding hydrogens is 427 g/mol. The number of nitrogens with two attached hydrogens (primary N) is 1. The monoisotopic (exact) mass is 460 g/mol. The number of morpholine rings is 1. The van der Waals surface area contributed by atoms with Crippen LogP contribution < -0.4 is 11.1 Å². The second-order valence-corrected chi connectivity index (χ2v) is 8.10. The molecule has 1 aliphatic rings. The van der Waals surface area contributed by atoms with Crippen LogP contribution in [0.1, 0.15) is 26.0 Å². The second kappa shape index (κ2) is 13.7. The highest BCUT2D eigenvalue weighted by Crippen LogP contribution is 2.13. The largest absolute Gasteiger partial charge is 0.480 e. The summed E-state index contributed by atoms with van der Waals surface area (Å²) in [6, 6.07) is 9.92. The molecule has 2 amide bonds. The van der Waals surface area contributed by atoms with Gasteiger partial charge in [-0.05, 0) is 24.5 Å². The Labute approximate surface area is 194 Å². The Morgan fingerprint density at radius 1 is 1.24 bits per heavy atom. The first-order valence-electron chi connectivity index (χ1n) is 11.0. The fraction of sp³-hybridized carbons (Fsp3) is 0.500. The van der Waals surface area contributed by atoms with Crippen molar-refractivity contribution in [2.45, 2.75) is 39.0 Å². The van der Waals surface area contributed by atoms with E-state index in [-0.39, 0.29) is 26.4 Å². The Morgan fingerprint density at radius 3 is 2.58 bits per heavy atom. The van der Waals surface area contributed by atoms with Gasteiger partial charge >= 0.3 is 19.7 Å². The summed E-state index contributed by atoms with van der Waals surface area (Å²) < 4.78 is 9.88. The fourth-order valence-corrected chi connectivity index (χ4v) is 3.27. The molecule has 0 radical (unpaired) electrons. The molecule has 3 rings (SSSR count). The number of carbonyl (C=O) groups excluding carboxylic acids is 1. The lowest BCUT2D eigenvalue weighted by Crippen LogP contribution is -2.51. The smallest absolute Gasteiger partial charge is 0.436 e. The normalized spacial score (nSPS) is 15.4. The third-order valence-electron chi connectivity index (χ3n) is 4.96. The molecule has 1 saturated heterocycles. The number of hydrogen-bond acceptors (Lipinski definition) is 7. The summed E-state index contributed by atoms with van der Waals surface area (Å²) in [6.07, 6.45) is 0.617. The Hall–Kier alpha value is -2.73. The molecule has 1 aliphatic heterocycles. The van der Waals surface area contributed by atoms with Crippen LogP contribution in [0.4, 0.5) is 4.79 Å². The van der Waals surface area contributed by atoms with Crippen LogP contribution in [0, 0.1) is 5.92 Å². The van der Waals surface area contributed by atoms with Crippen LogP contribution >= 0.6 is 0 Å². The van der Waals surface area contributed by atoms with Gasteiger partial charge in [-0.3, -0.25) is 4.98 Å². The van der Waals surface area contributed by atoms with Crippen LogP contribution in [0.5, 0.6) is 0 Å². The number of para-hydroxylation sites is 1. The van der Waals surface area contributed by atoms with Gasteiger partial charge in [0.1, 0.15) is 6.04 Å². The number of hydrogen-bond donors (Lipinski definition) is 4. The van der Waals surface area contributed by atoms with E-state index in [1.54, 1.807) is 11.0 Å². The highest BCUT2D eigenvalue weighted by molar-refractivity contribution is 6.15. The number of carbonyl (C=O) groups is 2. The number of aliphatic carboxylic acids is 1. The average molecular weight is 460 g/mol. The quantitative estimate of drug-likeness (QED) is 0.335. The number of fused-ring (bicyclic) bond motifs is 1. The molecule has 10 nitrogen and oxygen atoms in total. The maximum absolute atomic E-state index is 12.2. The molecule has 0 aliphatic carbocycles. The molecular formula is C22H33BN4O6. The molecule has 2 atom stereocenters. The highest BCUT2D eigenvalue weighted by atomic mass is 16.5. The summed E-state index contributed by atoms with van der Waals surface area (Å²) in [5, 5.41) is 21.2. The molecule has 0 unspecified atom stereocenters. The van der Waals surface area contributed by atoms with E-state index in [0.29, 0.717) is 37.9 Å². The van der Waals surface area contributed by atoms with Crippen LogP contribution in [-0.4, -0.2) is 78.3 Å². The van der Waals surface area contributed by atoms with Crippen LogP contribution in [0.15, 0.2) is 36.4 Å². The Kier molecular flexibility index (Phi) is 11.0. The number of aromatic nitrogens is 1. The number of amides is 2. The molecule has 1 fully saturated rings. The predicted molar refractivity (Wildman–Crippen MR) is 126 cm³/mol. The number of nitrogens with one attached hydrogen (secondary N) is 1. The van der Waals surface area contributed by atoms with Crippen molar-refractivity contribution in [2.75, 3.05) is 26.3 Å². The SMILES string of the molecule is CC(C)C[C@H](N)OBO.O=C(O)[C@H](Cc1ccc2ccccc2n1)NC(=O)N1CCOCC1. The van der Waals surface area contributed by atoms with Crippen molar-refractivity contribution in [1.29, 1.82) is 0 Å². The number of urea groups is 1. The van der Waals surface area contributed by atoms with Crippen molar-refractivity contribution in [3.05, 3.63) is 42.1 Å². The molecule has 1 aromatic heterocycles. The van der Waals surface area contributed by atoms with E-state index in [9.17, 15) is 14.7 Å². The molecule has 0 spiro atoms. The van der Waals surface area contributed by atoms with Gasteiger partial charge in [0, 0.05) is 30.6 Å². The van der Waals surface area contributed by atoms with Crippen molar-refractivity contribution in [1.82, 2.24) is 15.2 Å². The van der Waals surface area contributed by atoms with Gasteiger partial charge in [0.2, 0.25) is 0 Å². The summed E-state index contributed by atoms with van der Waals surface area (Å²) in [7, 11) is -0.284. The van der Waals surface area contributed by atoms with Gasteiger partial charge in [-0.15, -0.1) is 0 Å². The minimum atomic E-state index is -1.08.